The number of amides is 10. The Morgan fingerprint density at radius 3 is 1.23 bits per heavy atom. The maximum absolute atomic E-state index is 15.1. The molecule has 3 aliphatic rings. The van der Waals surface area contributed by atoms with Gasteiger partial charge in [-0.2, -0.15) is 10.2 Å². The van der Waals surface area contributed by atoms with Crippen molar-refractivity contribution in [3.8, 4) is 23.0 Å². The Morgan fingerprint density at radius 1 is 0.549 bits per heavy atom. The van der Waals surface area contributed by atoms with Gasteiger partial charge in [0.2, 0.25) is 35.4 Å². The summed E-state index contributed by atoms with van der Waals surface area (Å²) in [5.74, 6) is -17.8. The minimum absolute atomic E-state index is 0.137. The number of nitrogens with one attached hydrogen (secondary N) is 4. The molecule has 8 atom stereocenters. The predicted octanol–water partition coefficient (Wildman–Crippen LogP) is -3.41. The van der Waals surface area contributed by atoms with Crippen molar-refractivity contribution >= 4 is 117 Å². The van der Waals surface area contributed by atoms with Gasteiger partial charge in [-0.25, -0.2) is 29.6 Å². The molecule has 548 valence electrons. The zero-order valence-corrected chi connectivity index (χ0v) is 57.5. The number of hydrogen-bond donors (Lipinski definition) is 8. The lowest BCUT2D eigenvalue weighted by Gasteiger charge is -2.37. The molecule has 38 heteroatoms. The Morgan fingerprint density at radius 2 is 0.902 bits per heavy atom. The van der Waals surface area contributed by atoms with Gasteiger partial charge in [0.05, 0.1) is 62.6 Å². The molecule has 5 heterocycles. The summed E-state index contributed by atoms with van der Waals surface area (Å²) in [5, 5.41) is 64.1. The van der Waals surface area contributed by atoms with Crippen molar-refractivity contribution in [3.63, 3.8) is 0 Å². The molecule has 2 aromatic heterocycles. The van der Waals surface area contributed by atoms with E-state index in [1.807, 2.05) is 0 Å². The molecular formula is C64H78N14O24. The molecule has 1 fully saturated rings. The molecule has 102 heavy (non-hydrogen) atoms. The zero-order valence-electron chi connectivity index (χ0n) is 57.5. The number of likely N-dealkylation sites (N-methyl/N-ethyl adjacent to an activating group) is 4. The maximum atomic E-state index is 15.1. The van der Waals surface area contributed by atoms with Crippen LogP contribution < -0.4 is 30.7 Å². The summed E-state index contributed by atoms with van der Waals surface area (Å²) >= 11 is 0. The lowest BCUT2D eigenvalue weighted by Crippen LogP contribution is -2.62. The first kappa shape index (κ1) is 77.6. The number of nitrogens with zero attached hydrogens (tertiary/aromatic N) is 10. The molecule has 3 aliphatic heterocycles. The molecule has 0 bridgehead atoms. The van der Waals surface area contributed by atoms with E-state index in [9.17, 15) is 78.0 Å². The van der Waals surface area contributed by atoms with Gasteiger partial charge in [0.1, 0.15) is 60.5 Å². The first-order chi connectivity index (χ1) is 47.8. The lowest BCUT2D eigenvalue weighted by atomic mass is 9.97. The summed E-state index contributed by atoms with van der Waals surface area (Å²) in [4.78, 5) is 209. The maximum Gasteiger partial charge on any atom is 0.331 e. The first-order valence-corrected chi connectivity index (χ1v) is 31.2. The number of aromatic hydroxyl groups is 2. The minimum atomic E-state index is -2.25. The van der Waals surface area contributed by atoms with E-state index in [-0.39, 0.29) is 23.9 Å². The average molecular weight is 1430 g/mol. The van der Waals surface area contributed by atoms with Gasteiger partial charge in [-0.1, -0.05) is 0 Å². The van der Waals surface area contributed by atoms with Gasteiger partial charge in [0.15, 0.2) is 35.6 Å². The highest BCUT2D eigenvalue weighted by Crippen LogP contribution is 2.30. The Kier molecular flexibility index (Phi) is 24.8. The van der Waals surface area contributed by atoms with E-state index in [1.54, 1.807) is 0 Å². The normalized spacial score (nSPS) is 22.6. The SMILES string of the molecule is COc1ccc2nc(C(=O)N[C@@H]3COC(=O)[C@H](C(C)(C)O)N(C)C(=O)CN(C)C(=O)CNC(=O)[C@@H]4[C@@H](OC(C)=O)CC=NN4C(=O)[C@H](NC(=O)c4nc5ccc(OC)cc5cc4O)COC(=O)[C@H](C(C)(C)O)N(C)C(=O)CN(C)C(=O)CNC(=O)[C@@H]4[C@@H](OC(C)=O)CC=NN4C3=O)c(O)cc2c1. The number of carbonyl (C=O) groups is 14. The van der Waals surface area contributed by atoms with Gasteiger partial charge in [0.25, 0.3) is 23.6 Å². The number of fused-ring (bicyclic) bond motifs is 4. The predicted molar refractivity (Wildman–Crippen MR) is 350 cm³/mol. The number of aromatic nitrogens is 2. The number of carbonyl (C=O) groups excluding carboxylic acids is 14. The molecule has 0 saturated carbocycles. The van der Waals surface area contributed by atoms with Crippen LogP contribution in [-0.4, -0.2) is 297 Å². The highest BCUT2D eigenvalue weighted by atomic mass is 16.6. The van der Waals surface area contributed by atoms with E-state index in [0.717, 1.165) is 104 Å². The Balaban J connectivity index is 1.27. The molecule has 38 nitrogen and oxygen atoms in total. The van der Waals surface area contributed by atoms with Gasteiger partial charge in [0, 0.05) is 78.1 Å². The van der Waals surface area contributed by atoms with Crippen molar-refractivity contribution in [1.29, 1.82) is 0 Å². The van der Waals surface area contributed by atoms with Crippen LogP contribution in [-0.2, 0) is 76.5 Å². The molecule has 7 rings (SSSR count). The van der Waals surface area contributed by atoms with Crippen LogP contribution in [0.5, 0.6) is 23.0 Å². The van der Waals surface area contributed by atoms with Crippen molar-refractivity contribution in [3.05, 3.63) is 59.9 Å². The van der Waals surface area contributed by atoms with Crippen LogP contribution >= 0.6 is 0 Å². The number of esters is 4. The average Bonchev–Trinajstić information content (AvgIpc) is 0.825. The van der Waals surface area contributed by atoms with Crippen LogP contribution in [0.4, 0.5) is 0 Å². The van der Waals surface area contributed by atoms with Gasteiger partial charge in [-0.15, -0.1) is 0 Å². The highest BCUT2D eigenvalue weighted by molar-refractivity contribution is 6.04. The smallest absolute Gasteiger partial charge is 0.331 e. The summed E-state index contributed by atoms with van der Waals surface area (Å²) in [6, 6.07) is -1.30. The van der Waals surface area contributed by atoms with Gasteiger partial charge >= 0.3 is 23.9 Å². The second kappa shape index (κ2) is 32.5. The Hall–Kier alpha value is -11.7. The van der Waals surface area contributed by atoms with E-state index < -0.39 is 205 Å². The van der Waals surface area contributed by atoms with Crippen molar-refractivity contribution in [1.82, 2.24) is 60.9 Å². The molecular weight excluding hydrogens is 1350 g/mol. The molecule has 0 unspecified atom stereocenters. The van der Waals surface area contributed by atoms with Gasteiger partial charge in [-0.05, 0) is 76.2 Å². The van der Waals surface area contributed by atoms with Crippen molar-refractivity contribution in [2.24, 2.45) is 10.2 Å². The fourth-order valence-corrected chi connectivity index (χ4v) is 11.0. The fraction of sp³-hybridized carbons (Fsp3) is 0.469. The van der Waals surface area contributed by atoms with Crippen LogP contribution in [0.1, 0.15) is 75.4 Å². The van der Waals surface area contributed by atoms with Crippen LogP contribution in [0.25, 0.3) is 21.8 Å². The highest BCUT2D eigenvalue weighted by Gasteiger charge is 2.48. The molecule has 2 aromatic carbocycles. The second-order valence-electron chi connectivity index (χ2n) is 24.8. The number of methoxy groups -OCH3 is 2. The quantitative estimate of drug-likeness (QED) is 0.0566. The minimum Gasteiger partial charge on any atom is -0.505 e. The standard InChI is InChI=1S/C64H78N14O24/c1-31(79)101-43-17-19-67-77-51(43)57(89)65-25-45(83)73(7)27-47(85)75(9)54(64(5,6)96)62(94)100-30-40(72-56(88)50-42(82)24-34-22-36(98-12)14-16-38(34)70-50)60(92)78-52(44(18-20-68-78)102-32(2)80)58(90)66-26-46(84)74(8)28-48(86)76(10)53(63(3,4)95)61(93)99-29-39(59(77)91)71-55(87)49-41(81)23-33-21-35(97-11)13-15-37(33)69-49/h13-16,19-24,39-40,43-44,51-54,81-82,95-96H,17-18,25-30H2,1-12H3,(H,65,89)(H,66,90)(H,71,87)(H,72,88)/t39-,40-,43+,44+,51+,52+,53-,54-/m1/s1. The Labute approximate surface area is 581 Å². The van der Waals surface area contributed by atoms with Gasteiger partial charge in [-0.3, -0.25) is 57.5 Å². The lowest BCUT2D eigenvalue weighted by molar-refractivity contribution is -0.167. The molecule has 0 spiro atoms. The van der Waals surface area contributed by atoms with Crippen molar-refractivity contribution in [2.75, 3.05) is 81.8 Å². The first-order valence-electron chi connectivity index (χ1n) is 31.2. The third-order valence-corrected chi connectivity index (χ3v) is 16.1. The van der Waals surface area contributed by atoms with Crippen LogP contribution in [0.3, 0.4) is 0 Å². The van der Waals surface area contributed by atoms with Crippen molar-refractivity contribution in [2.45, 2.75) is 114 Å². The number of pyridine rings is 2. The number of hydrogen-bond acceptors (Lipinski definition) is 28. The molecule has 0 aliphatic carbocycles. The van der Waals surface area contributed by atoms with E-state index in [0.29, 0.717) is 42.1 Å². The molecule has 8 N–H and O–H groups in total. The van der Waals surface area contributed by atoms with E-state index in [4.69, 9.17) is 28.4 Å². The van der Waals surface area contributed by atoms with Crippen LogP contribution in [0.15, 0.2) is 58.7 Å². The second-order valence-corrected chi connectivity index (χ2v) is 24.8. The monoisotopic (exact) mass is 1430 g/mol. The molecule has 1 saturated heterocycles. The fourth-order valence-electron chi connectivity index (χ4n) is 11.0. The summed E-state index contributed by atoms with van der Waals surface area (Å²) < 4.78 is 32.6. The third kappa shape index (κ3) is 18.6. The Bertz CT molecular complexity index is 3800. The number of rotatable bonds is 10. The largest absolute Gasteiger partial charge is 0.505 e. The topological polar surface area (TPSA) is 493 Å². The van der Waals surface area contributed by atoms with Crippen LogP contribution in [0.2, 0.25) is 0 Å². The number of aliphatic hydroxyl groups is 2. The van der Waals surface area contributed by atoms with Crippen molar-refractivity contribution < 1.29 is 116 Å². The number of cyclic esters (lactones) is 2. The molecule has 4 aromatic rings. The summed E-state index contributed by atoms with van der Waals surface area (Å²) in [6.45, 7) is 0.0139. The summed E-state index contributed by atoms with van der Waals surface area (Å²) in [5.41, 5.74) is -5.60. The van der Waals surface area contributed by atoms with Crippen LogP contribution in [0, 0.1) is 0 Å². The van der Waals surface area contributed by atoms with E-state index in [2.05, 4.69) is 41.4 Å². The summed E-state index contributed by atoms with van der Waals surface area (Å²) in [7, 11) is 7.00. The number of ether oxygens (including phenoxy) is 6. The third-order valence-electron chi connectivity index (χ3n) is 16.1. The number of hydrazone groups is 2. The molecule has 10 amide bonds. The van der Waals surface area contributed by atoms with E-state index >= 15 is 9.59 Å². The zero-order chi connectivity index (χ0) is 75.6. The van der Waals surface area contributed by atoms with E-state index in [1.165, 1.54) is 50.6 Å². The number of benzene rings is 2. The summed E-state index contributed by atoms with van der Waals surface area (Å²) in [6.07, 6.45) is -1.81. The molecule has 0 radical (unpaired) electrons. The van der Waals surface area contributed by atoms with Gasteiger partial charge < -0.3 is 89.7 Å².